The fraction of sp³-hybridized carbons (Fsp3) is 0.429. The predicted molar refractivity (Wildman–Crippen MR) is 81.2 cm³/mol. The molecule has 0 aliphatic heterocycles. The van der Waals surface area contributed by atoms with E-state index in [4.69, 9.17) is 0 Å². The van der Waals surface area contributed by atoms with E-state index >= 15 is 0 Å². The maximum atomic E-state index is 4.42. The first-order chi connectivity index (χ1) is 9.13. The lowest BCUT2D eigenvalue weighted by Gasteiger charge is -2.09. The molecule has 2 rings (SSSR count). The molecule has 0 atom stereocenters. The Morgan fingerprint density at radius 3 is 2.63 bits per heavy atom. The van der Waals surface area contributed by atoms with E-state index in [9.17, 15) is 0 Å². The van der Waals surface area contributed by atoms with Gasteiger partial charge in [-0.05, 0) is 52.0 Å². The molecule has 19 heavy (non-hydrogen) atoms. The second-order valence-corrected chi connectivity index (χ2v) is 6.09. The summed E-state index contributed by atoms with van der Waals surface area (Å²) in [5.41, 5.74) is 1.28. The molecule has 0 fully saturated rings. The maximum absolute atomic E-state index is 4.42. The first-order valence-electron chi connectivity index (χ1n) is 6.42. The SMILES string of the molecule is Cc1cnc(Nc2ccc(CCCN(C)C)cn2)s1. The number of thiazole rings is 1. The molecule has 2 aromatic rings. The molecule has 2 heterocycles. The predicted octanol–water partition coefficient (Wildman–Crippen LogP) is 3.08. The van der Waals surface area contributed by atoms with E-state index in [0.717, 1.165) is 30.3 Å². The number of pyridine rings is 1. The minimum atomic E-state index is 0.853. The van der Waals surface area contributed by atoms with Crippen LogP contribution in [0, 0.1) is 6.92 Å². The summed E-state index contributed by atoms with van der Waals surface area (Å²) in [7, 11) is 4.20. The summed E-state index contributed by atoms with van der Waals surface area (Å²) in [5, 5.41) is 4.11. The number of aromatic nitrogens is 2. The Kier molecular flexibility index (Phi) is 4.87. The fourth-order valence-electron chi connectivity index (χ4n) is 1.77. The molecule has 4 nitrogen and oxygen atoms in total. The number of nitrogens with one attached hydrogen (secondary N) is 1. The van der Waals surface area contributed by atoms with Crippen LogP contribution in [0.15, 0.2) is 24.5 Å². The minimum Gasteiger partial charge on any atom is -0.316 e. The van der Waals surface area contributed by atoms with Crippen LogP contribution in [0.25, 0.3) is 0 Å². The molecule has 0 saturated carbocycles. The first-order valence-corrected chi connectivity index (χ1v) is 7.24. The van der Waals surface area contributed by atoms with Crippen molar-refractivity contribution >= 4 is 22.3 Å². The molecule has 0 amide bonds. The number of hydrogen-bond donors (Lipinski definition) is 1. The molecule has 0 aliphatic rings. The molecule has 2 aromatic heterocycles. The Morgan fingerprint density at radius 1 is 1.21 bits per heavy atom. The highest BCUT2D eigenvalue weighted by Crippen LogP contribution is 2.20. The van der Waals surface area contributed by atoms with Crippen LogP contribution in [0.1, 0.15) is 16.9 Å². The van der Waals surface area contributed by atoms with Crippen LogP contribution in [-0.2, 0) is 6.42 Å². The minimum absolute atomic E-state index is 0.853. The average molecular weight is 276 g/mol. The smallest absolute Gasteiger partial charge is 0.188 e. The van der Waals surface area contributed by atoms with Gasteiger partial charge in [-0.3, -0.25) is 0 Å². The highest BCUT2D eigenvalue weighted by Gasteiger charge is 2.01. The Bertz CT molecular complexity index is 504. The van der Waals surface area contributed by atoms with Gasteiger partial charge in [0.1, 0.15) is 5.82 Å². The summed E-state index contributed by atoms with van der Waals surface area (Å²) in [6.07, 6.45) is 6.04. The van der Waals surface area contributed by atoms with E-state index in [1.54, 1.807) is 11.3 Å². The number of hydrogen-bond acceptors (Lipinski definition) is 5. The Labute approximate surface area is 118 Å². The Morgan fingerprint density at radius 2 is 2.05 bits per heavy atom. The molecule has 0 bridgehead atoms. The number of aryl methyl sites for hydroxylation is 2. The van der Waals surface area contributed by atoms with Gasteiger partial charge in [0, 0.05) is 17.3 Å². The molecule has 0 unspecified atom stereocenters. The lowest BCUT2D eigenvalue weighted by atomic mass is 10.1. The molecule has 0 radical (unpaired) electrons. The number of anilines is 2. The van der Waals surface area contributed by atoms with Gasteiger partial charge in [-0.1, -0.05) is 6.07 Å². The van der Waals surface area contributed by atoms with Crippen LogP contribution < -0.4 is 5.32 Å². The van der Waals surface area contributed by atoms with Crippen molar-refractivity contribution in [3.63, 3.8) is 0 Å². The summed E-state index contributed by atoms with van der Waals surface area (Å²) in [6.45, 7) is 3.16. The zero-order chi connectivity index (χ0) is 13.7. The normalized spacial score (nSPS) is 10.9. The van der Waals surface area contributed by atoms with Crippen molar-refractivity contribution in [2.45, 2.75) is 19.8 Å². The van der Waals surface area contributed by atoms with Gasteiger partial charge in [0.25, 0.3) is 0 Å². The quantitative estimate of drug-likeness (QED) is 0.880. The Hall–Kier alpha value is -1.46. The third kappa shape index (κ3) is 4.61. The van der Waals surface area contributed by atoms with Gasteiger partial charge < -0.3 is 10.2 Å². The average Bonchev–Trinajstić information content (AvgIpc) is 2.77. The van der Waals surface area contributed by atoms with Gasteiger partial charge in [-0.15, -0.1) is 11.3 Å². The monoisotopic (exact) mass is 276 g/mol. The van der Waals surface area contributed by atoms with Crippen molar-refractivity contribution in [2.75, 3.05) is 26.0 Å². The highest BCUT2D eigenvalue weighted by molar-refractivity contribution is 7.15. The maximum Gasteiger partial charge on any atom is 0.188 e. The lowest BCUT2D eigenvalue weighted by Crippen LogP contribution is -2.13. The van der Waals surface area contributed by atoms with Crippen LogP contribution in [0.2, 0.25) is 0 Å². The van der Waals surface area contributed by atoms with E-state index in [1.807, 2.05) is 25.4 Å². The largest absolute Gasteiger partial charge is 0.316 e. The summed E-state index contributed by atoms with van der Waals surface area (Å²) in [4.78, 5) is 12.1. The molecule has 0 aromatic carbocycles. The molecular formula is C14H20N4S. The van der Waals surface area contributed by atoms with Crippen LogP contribution in [0.5, 0.6) is 0 Å². The van der Waals surface area contributed by atoms with Gasteiger partial charge in [0.2, 0.25) is 0 Å². The van der Waals surface area contributed by atoms with Crippen molar-refractivity contribution in [3.05, 3.63) is 35.0 Å². The van der Waals surface area contributed by atoms with Gasteiger partial charge >= 0.3 is 0 Å². The standard InChI is InChI=1S/C14H20N4S/c1-11-9-16-14(19-11)17-13-7-6-12(10-15-13)5-4-8-18(2)3/h6-7,9-10H,4-5,8H2,1-3H3,(H,15,16,17). The molecule has 0 aliphatic carbocycles. The molecule has 102 valence electrons. The van der Waals surface area contributed by atoms with Crippen molar-refractivity contribution in [3.8, 4) is 0 Å². The third-order valence-corrected chi connectivity index (χ3v) is 3.58. The van der Waals surface area contributed by atoms with E-state index in [-0.39, 0.29) is 0 Å². The van der Waals surface area contributed by atoms with Crippen molar-refractivity contribution in [1.29, 1.82) is 0 Å². The molecule has 0 spiro atoms. The van der Waals surface area contributed by atoms with Gasteiger partial charge in [-0.2, -0.15) is 0 Å². The van der Waals surface area contributed by atoms with Gasteiger partial charge in [0.05, 0.1) is 0 Å². The van der Waals surface area contributed by atoms with Crippen LogP contribution >= 0.6 is 11.3 Å². The van der Waals surface area contributed by atoms with Crippen molar-refractivity contribution < 1.29 is 0 Å². The molecule has 1 N–H and O–H groups in total. The molecule has 0 saturated heterocycles. The van der Waals surface area contributed by atoms with E-state index in [1.165, 1.54) is 10.4 Å². The zero-order valence-electron chi connectivity index (χ0n) is 11.7. The lowest BCUT2D eigenvalue weighted by molar-refractivity contribution is 0.400. The highest BCUT2D eigenvalue weighted by atomic mass is 32.1. The molecular weight excluding hydrogens is 256 g/mol. The number of nitrogens with zero attached hydrogens (tertiary/aromatic N) is 3. The van der Waals surface area contributed by atoms with Crippen molar-refractivity contribution in [2.24, 2.45) is 0 Å². The van der Waals surface area contributed by atoms with E-state index in [2.05, 4.69) is 40.3 Å². The van der Waals surface area contributed by atoms with Crippen molar-refractivity contribution in [1.82, 2.24) is 14.9 Å². The topological polar surface area (TPSA) is 41.1 Å². The summed E-state index contributed by atoms with van der Waals surface area (Å²) in [6, 6.07) is 4.15. The van der Waals surface area contributed by atoms with Gasteiger partial charge in [0.15, 0.2) is 5.13 Å². The fourth-order valence-corrected chi connectivity index (χ4v) is 2.44. The van der Waals surface area contributed by atoms with Crippen LogP contribution in [0.4, 0.5) is 10.9 Å². The Balaban J connectivity index is 1.87. The zero-order valence-corrected chi connectivity index (χ0v) is 12.5. The van der Waals surface area contributed by atoms with Crippen LogP contribution in [0.3, 0.4) is 0 Å². The second kappa shape index (κ2) is 6.63. The van der Waals surface area contributed by atoms with E-state index < -0.39 is 0 Å². The first kappa shape index (κ1) is 14.0. The third-order valence-electron chi connectivity index (χ3n) is 2.75. The molecule has 5 heteroatoms. The second-order valence-electron chi connectivity index (χ2n) is 4.86. The summed E-state index contributed by atoms with van der Waals surface area (Å²) < 4.78 is 0. The number of rotatable bonds is 6. The van der Waals surface area contributed by atoms with Crippen LogP contribution in [-0.4, -0.2) is 35.5 Å². The van der Waals surface area contributed by atoms with Gasteiger partial charge in [-0.25, -0.2) is 9.97 Å². The summed E-state index contributed by atoms with van der Waals surface area (Å²) in [5.74, 6) is 0.853. The van der Waals surface area contributed by atoms with E-state index in [0.29, 0.717) is 0 Å². The summed E-state index contributed by atoms with van der Waals surface area (Å²) >= 11 is 1.64.